The molecule has 0 aliphatic heterocycles. The Morgan fingerprint density at radius 1 is 1.03 bits per heavy atom. The van der Waals surface area contributed by atoms with Crippen molar-refractivity contribution in [2.75, 3.05) is 13.2 Å². The lowest BCUT2D eigenvalue weighted by Gasteiger charge is -2.30. The van der Waals surface area contributed by atoms with E-state index in [4.69, 9.17) is 10.2 Å². The van der Waals surface area contributed by atoms with E-state index in [1.807, 2.05) is 18.2 Å². The molecule has 6 N–H and O–H groups in total. The number of amides is 1. The number of hydrogen-bond donors (Lipinski definition) is 6. The van der Waals surface area contributed by atoms with Crippen molar-refractivity contribution in [3.8, 4) is 0 Å². The molecule has 194 valence electrons. The summed E-state index contributed by atoms with van der Waals surface area (Å²) >= 11 is 0. The first kappa shape index (κ1) is 28.7. The third-order valence-corrected chi connectivity index (χ3v) is 7.32. The molecule has 7 heteroatoms. The summed E-state index contributed by atoms with van der Waals surface area (Å²) in [5, 5.41) is 52.4. The molecule has 1 saturated carbocycles. The summed E-state index contributed by atoms with van der Waals surface area (Å²) in [6.07, 6.45) is 5.74. The van der Waals surface area contributed by atoms with Gasteiger partial charge in [-0.25, -0.2) is 0 Å². The lowest BCUT2D eigenvalue weighted by Crippen LogP contribution is -2.39. The molecule has 0 radical (unpaired) electrons. The van der Waals surface area contributed by atoms with Crippen LogP contribution in [0.2, 0.25) is 0 Å². The molecule has 7 nitrogen and oxygen atoms in total. The highest BCUT2D eigenvalue weighted by Crippen LogP contribution is 2.42. The molecule has 1 aromatic rings. The number of carbonyl (C=O) groups excluding carboxylic acids is 1. The zero-order chi connectivity index (χ0) is 24.9. The van der Waals surface area contributed by atoms with Gasteiger partial charge in [-0.05, 0) is 61.8 Å². The lowest BCUT2D eigenvalue weighted by molar-refractivity contribution is -0.122. The lowest BCUT2D eigenvalue weighted by atomic mass is 9.78. The largest absolute Gasteiger partial charge is 0.394 e. The predicted molar refractivity (Wildman–Crippen MR) is 132 cm³/mol. The van der Waals surface area contributed by atoms with Crippen molar-refractivity contribution < 1.29 is 30.3 Å². The molecule has 2 rings (SSSR count). The topological polar surface area (TPSA) is 130 Å². The van der Waals surface area contributed by atoms with Crippen molar-refractivity contribution in [3.05, 3.63) is 35.9 Å². The average molecular weight is 480 g/mol. The summed E-state index contributed by atoms with van der Waals surface area (Å²) < 4.78 is 0. The fraction of sp³-hybridized carbons (Fsp3) is 0.741. The number of aliphatic hydroxyl groups is 5. The van der Waals surface area contributed by atoms with Crippen LogP contribution in [-0.2, 0) is 11.2 Å². The van der Waals surface area contributed by atoms with Crippen LogP contribution in [0, 0.1) is 17.8 Å². The fourth-order valence-electron chi connectivity index (χ4n) is 5.46. The standard InChI is InChI=1S/C27H45NO6/c1-19(15-22(31)14-13-20-9-5-4-6-10-20)27-23(24(32)16-25(27)33)11-7-2-3-8-12-26(34)28-21(17-29)18-30/h4-6,9-10,19,21-25,27,29-33H,2-3,7-8,11-18H2,1H3,(H,28,34). The monoisotopic (exact) mass is 479 g/mol. The Hall–Kier alpha value is -1.51. The highest BCUT2D eigenvalue weighted by molar-refractivity contribution is 5.76. The zero-order valence-electron chi connectivity index (χ0n) is 20.6. The molecule has 34 heavy (non-hydrogen) atoms. The maximum atomic E-state index is 11.8. The van der Waals surface area contributed by atoms with Crippen LogP contribution in [0.15, 0.2) is 30.3 Å². The number of aliphatic hydroxyl groups excluding tert-OH is 5. The van der Waals surface area contributed by atoms with Crippen molar-refractivity contribution in [1.29, 1.82) is 0 Å². The van der Waals surface area contributed by atoms with Gasteiger partial charge in [-0.15, -0.1) is 0 Å². The number of rotatable bonds is 16. The van der Waals surface area contributed by atoms with E-state index in [2.05, 4.69) is 24.4 Å². The third-order valence-electron chi connectivity index (χ3n) is 7.32. The Morgan fingerprint density at radius 3 is 2.38 bits per heavy atom. The molecule has 1 aliphatic rings. The van der Waals surface area contributed by atoms with Gasteiger partial charge in [0.1, 0.15) is 0 Å². The number of hydrogen-bond acceptors (Lipinski definition) is 6. The Balaban J connectivity index is 1.70. The first-order valence-corrected chi connectivity index (χ1v) is 12.9. The molecule has 6 unspecified atom stereocenters. The Kier molecular flexibility index (Phi) is 13.1. The van der Waals surface area contributed by atoms with E-state index in [9.17, 15) is 20.1 Å². The van der Waals surface area contributed by atoms with E-state index >= 15 is 0 Å². The van der Waals surface area contributed by atoms with E-state index in [1.165, 1.54) is 5.56 Å². The summed E-state index contributed by atoms with van der Waals surface area (Å²) in [6, 6.07) is 9.53. The van der Waals surface area contributed by atoms with Crippen LogP contribution in [0.25, 0.3) is 0 Å². The van der Waals surface area contributed by atoms with Crippen LogP contribution in [0.3, 0.4) is 0 Å². The van der Waals surface area contributed by atoms with Gasteiger partial charge in [0.2, 0.25) is 5.91 Å². The number of nitrogens with one attached hydrogen (secondary N) is 1. The summed E-state index contributed by atoms with van der Waals surface area (Å²) in [5.41, 5.74) is 1.21. The molecule has 0 saturated heterocycles. The Labute approximate surface area is 204 Å². The van der Waals surface area contributed by atoms with Crippen molar-refractivity contribution >= 4 is 5.91 Å². The fourth-order valence-corrected chi connectivity index (χ4v) is 5.46. The summed E-state index contributed by atoms with van der Waals surface area (Å²) in [5.74, 6) is -0.0229. The molecule has 6 atom stereocenters. The third kappa shape index (κ3) is 9.62. The normalized spacial score (nSPS) is 24.3. The number of carbonyl (C=O) groups is 1. The molecular weight excluding hydrogens is 434 g/mol. The second-order valence-electron chi connectivity index (χ2n) is 10.1. The second kappa shape index (κ2) is 15.5. The van der Waals surface area contributed by atoms with Crippen LogP contribution in [0.4, 0.5) is 0 Å². The number of unbranched alkanes of at least 4 members (excludes halogenated alkanes) is 3. The van der Waals surface area contributed by atoms with E-state index in [1.54, 1.807) is 0 Å². The molecule has 1 aromatic carbocycles. The van der Waals surface area contributed by atoms with Gasteiger partial charge < -0.3 is 30.8 Å². The van der Waals surface area contributed by atoms with Gasteiger partial charge in [0.05, 0.1) is 37.6 Å². The zero-order valence-corrected chi connectivity index (χ0v) is 20.6. The Morgan fingerprint density at radius 2 is 1.71 bits per heavy atom. The van der Waals surface area contributed by atoms with Crippen LogP contribution < -0.4 is 5.32 Å². The van der Waals surface area contributed by atoms with Gasteiger partial charge in [0.25, 0.3) is 0 Å². The van der Waals surface area contributed by atoms with Crippen molar-refractivity contribution in [3.63, 3.8) is 0 Å². The van der Waals surface area contributed by atoms with Crippen LogP contribution in [-0.4, -0.2) is 69.0 Å². The highest BCUT2D eigenvalue weighted by atomic mass is 16.3. The quantitative estimate of drug-likeness (QED) is 0.202. The molecule has 0 heterocycles. The van der Waals surface area contributed by atoms with Crippen molar-refractivity contribution in [2.24, 2.45) is 17.8 Å². The molecule has 0 aromatic heterocycles. The van der Waals surface area contributed by atoms with E-state index in [0.29, 0.717) is 25.7 Å². The summed E-state index contributed by atoms with van der Waals surface area (Å²) in [4.78, 5) is 11.8. The molecule has 1 amide bonds. The van der Waals surface area contributed by atoms with E-state index in [-0.39, 0.29) is 36.9 Å². The van der Waals surface area contributed by atoms with Gasteiger partial charge in [-0.1, -0.05) is 56.5 Å². The summed E-state index contributed by atoms with van der Waals surface area (Å²) in [6.45, 7) is 1.53. The number of aryl methyl sites for hydroxylation is 1. The van der Waals surface area contributed by atoms with Crippen LogP contribution in [0.5, 0.6) is 0 Å². The SMILES string of the molecule is CC(CC(O)CCc1ccccc1)C1C(O)CC(O)C1CCCCCCC(=O)NC(CO)CO. The minimum Gasteiger partial charge on any atom is -0.394 e. The van der Waals surface area contributed by atoms with E-state index in [0.717, 1.165) is 38.5 Å². The van der Waals surface area contributed by atoms with Crippen LogP contribution >= 0.6 is 0 Å². The Bertz CT molecular complexity index is 683. The first-order chi connectivity index (χ1) is 16.3. The van der Waals surface area contributed by atoms with Gasteiger partial charge in [0, 0.05) is 6.42 Å². The van der Waals surface area contributed by atoms with Crippen molar-refractivity contribution in [1.82, 2.24) is 5.32 Å². The predicted octanol–water partition coefficient (Wildman–Crippen LogP) is 2.17. The minimum atomic E-state index is -0.599. The summed E-state index contributed by atoms with van der Waals surface area (Å²) in [7, 11) is 0. The highest BCUT2D eigenvalue weighted by Gasteiger charge is 2.43. The van der Waals surface area contributed by atoms with Gasteiger partial charge in [-0.2, -0.15) is 0 Å². The van der Waals surface area contributed by atoms with Gasteiger partial charge in [-0.3, -0.25) is 4.79 Å². The molecule has 1 aliphatic carbocycles. The van der Waals surface area contributed by atoms with Crippen LogP contribution in [0.1, 0.15) is 70.3 Å². The van der Waals surface area contributed by atoms with Gasteiger partial charge in [0.15, 0.2) is 0 Å². The molecule has 0 bridgehead atoms. The molecule has 0 spiro atoms. The number of benzene rings is 1. The smallest absolute Gasteiger partial charge is 0.220 e. The first-order valence-electron chi connectivity index (χ1n) is 12.9. The maximum absolute atomic E-state index is 11.8. The minimum absolute atomic E-state index is 0.0129. The molecule has 1 fully saturated rings. The van der Waals surface area contributed by atoms with E-state index < -0.39 is 24.4 Å². The molecular formula is C27H45NO6. The second-order valence-corrected chi connectivity index (χ2v) is 10.1. The average Bonchev–Trinajstić information content (AvgIpc) is 3.11. The maximum Gasteiger partial charge on any atom is 0.220 e. The van der Waals surface area contributed by atoms with Gasteiger partial charge >= 0.3 is 0 Å². The van der Waals surface area contributed by atoms with Crippen molar-refractivity contribution in [2.45, 2.75) is 95.5 Å².